The number of hydrogen-bond acceptors (Lipinski definition) is 4. The number of hydrogen-bond donors (Lipinski definition) is 0. The highest BCUT2D eigenvalue weighted by atomic mass is 16.6. The second-order valence-corrected chi connectivity index (χ2v) is 3.69. The molecule has 0 N–H and O–H groups in total. The molecule has 0 spiro atoms. The lowest BCUT2D eigenvalue weighted by atomic mass is 10.1. The Morgan fingerprint density at radius 1 is 1.24 bits per heavy atom. The van der Waals surface area contributed by atoms with Crippen molar-refractivity contribution >= 4 is 11.8 Å². The van der Waals surface area contributed by atoms with Crippen molar-refractivity contribution in [1.29, 1.82) is 0 Å². The predicted molar refractivity (Wildman–Crippen MR) is 63.3 cm³/mol. The van der Waals surface area contributed by atoms with E-state index in [1.165, 1.54) is 14.0 Å². The molecule has 0 fully saturated rings. The van der Waals surface area contributed by atoms with Crippen molar-refractivity contribution in [2.75, 3.05) is 7.11 Å². The lowest BCUT2D eigenvalue weighted by Gasteiger charge is -2.09. The third-order valence-corrected chi connectivity index (χ3v) is 2.19. The van der Waals surface area contributed by atoms with E-state index in [2.05, 4.69) is 0 Å². The molecule has 4 heteroatoms. The molecular formula is C13H16O4. The molecule has 1 aromatic carbocycles. The van der Waals surface area contributed by atoms with Gasteiger partial charge in [0, 0.05) is 12.8 Å². The fourth-order valence-corrected chi connectivity index (χ4v) is 1.39. The highest BCUT2D eigenvalue weighted by Gasteiger charge is 2.10. The van der Waals surface area contributed by atoms with Crippen LogP contribution in [0.2, 0.25) is 0 Å². The second kappa shape index (κ2) is 6.03. The van der Waals surface area contributed by atoms with E-state index in [0.717, 1.165) is 5.56 Å². The molecule has 0 aliphatic carbocycles. The number of rotatable bonds is 5. The van der Waals surface area contributed by atoms with Crippen LogP contribution in [0.25, 0.3) is 0 Å². The molecule has 0 aliphatic heterocycles. The summed E-state index contributed by atoms with van der Waals surface area (Å²) in [5, 5.41) is 0. The maximum absolute atomic E-state index is 11.2. The van der Waals surface area contributed by atoms with Gasteiger partial charge in [-0.25, -0.2) is 0 Å². The average molecular weight is 236 g/mol. The largest absolute Gasteiger partial charge is 0.493 e. The summed E-state index contributed by atoms with van der Waals surface area (Å²) in [6.07, 6.45) is 0.650. The van der Waals surface area contributed by atoms with Crippen molar-refractivity contribution in [2.24, 2.45) is 0 Å². The first-order valence-electron chi connectivity index (χ1n) is 5.43. The highest BCUT2D eigenvalue weighted by molar-refractivity contribution is 5.78. The Morgan fingerprint density at radius 3 is 2.47 bits per heavy atom. The van der Waals surface area contributed by atoms with E-state index in [1.807, 2.05) is 0 Å². The van der Waals surface area contributed by atoms with Gasteiger partial charge in [-0.2, -0.15) is 0 Å². The van der Waals surface area contributed by atoms with Gasteiger partial charge in [0.1, 0.15) is 5.78 Å². The summed E-state index contributed by atoms with van der Waals surface area (Å²) >= 11 is 0. The fraction of sp³-hybridized carbons (Fsp3) is 0.385. The number of methoxy groups -OCH3 is 1. The van der Waals surface area contributed by atoms with E-state index < -0.39 is 0 Å². The van der Waals surface area contributed by atoms with Crippen LogP contribution in [0, 0.1) is 0 Å². The molecule has 0 saturated heterocycles. The first-order chi connectivity index (χ1) is 8.06. The summed E-state index contributed by atoms with van der Waals surface area (Å²) in [4.78, 5) is 22.2. The van der Waals surface area contributed by atoms with E-state index >= 15 is 0 Å². The Kier molecular flexibility index (Phi) is 4.69. The van der Waals surface area contributed by atoms with Crippen molar-refractivity contribution in [3.05, 3.63) is 23.8 Å². The fourth-order valence-electron chi connectivity index (χ4n) is 1.39. The minimum absolute atomic E-state index is 0.0744. The summed E-state index contributed by atoms with van der Waals surface area (Å²) in [6.45, 7) is 3.25. The Balaban J connectivity index is 2.92. The summed E-state index contributed by atoms with van der Waals surface area (Å²) in [5.41, 5.74) is 0.839. The maximum atomic E-state index is 11.2. The molecule has 0 unspecified atom stereocenters. The molecule has 17 heavy (non-hydrogen) atoms. The third kappa shape index (κ3) is 3.90. The van der Waals surface area contributed by atoms with Crippen LogP contribution in [0.15, 0.2) is 18.2 Å². The molecule has 0 atom stereocenters. The number of ketones is 1. The summed E-state index contributed by atoms with van der Waals surface area (Å²) in [7, 11) is 1.50. The van der Waals surface area contributed by atoms with E-state index in [-0.39, 0.29) is 11.8 Å². The van der Waals surface area contributed by atoms with Crippen LogP contribution in [0.1, 0.15) is 25.8 Å². The molecule has 4 nitrogen and oxygen atoms in total. The Morgan fingerprint density at radius 2 is 1.94 bits per heavy atom. The Labute approximate surface area is 101 Å². The monoisotopic (exact) mass is 236 g/mol. The van der Waals surface area contributed by atoms with Crippen LogP contribution in [0.4, 0.5) is 0 Å². The van der Waals surface area contributed by atoms with Crippen molar-refractivity contribution in [1.82, 2.24) is 0 Å². The van der Waals surface area contributed by atoms with Gasteiger partial charge in [-0.05, 0) is 24.6 Å². The van der Waals surface area contributed by atoms with Gasteiger partial charge in [-0.15, -0.1) is 0 Å². The zero-order chi connectivity index (χ0) is 12.8. The van der Waals surface area contributed by atoms with Crippen molar-refractivity contribution in [3.8, 4) is 11.5 Å². The lowest BCUT2D eigenvalue weighted by molar-refractivity contribution is -0.134. The minimum Gasteiger partial charge on any atom is -0.493 e. The first kappa shape index (κ1) is 13.2. The molecular weight excluding hydrogens is 220 g/mol. The predicted octanol–water partition coefficient (Wildman–Crippen LogP) is 2.14. The van der Waals surface area contributed by atoms with Gasteiger partial charge in [0.2, 0.25) is 0 Å². The summed E-state index contributed by atoms with van der Waals surface area (Å²) in [5.74, 6) is 0.602. The van der Waals surface area contributed by atoms with Crippen LogP contribution in [-0.2, 0) is 16.0 Å². The van der Waals surface area contributed by atoms with E-state index in [0.29, 0.717) is 24.3 Å². The van der Waals surface area contributed by atoms with Crippen LogP contribution < -0.4 is 9.47 Å². The molecule has 0 heterocycles. The number of esters is 1. The standard InChI is InChI=1S/C13H16O4/c1-4-13(15)17-11-6-5-10(7-9(2)14)8-12(11)16-3/h5-6,8H,4,7H2,1-3H3. The van der Waals surface area contributed by atoms with Gasteiger partial charge in [0.15, 0.2) is 11.5 Å². The van der Waals surface area contributed by atoms with Crippen LogP contribution in [0.3, 0.4) is 0 Å². The topological polar surface area (TPSA) is 52.6 Å². The molecule has 0 amide bonds. The normalized spacial score (nSPS) is 9.82. The first-order valence-corrected chi connectivity index (χ1v) is 5.43. The zero-order valence-electron chi connectivity index (χ0n) is 10.3. The molecule has 0 saturated carbocycles. The number of benzene rings is 1. The third-order valence-electron chi connectivity index (χ3n) is 2.19. The van der Waals surface area contributed by atoms with Crippen molar-refractivity contribution in [2.45, 2.75) is 26.7 Å². The molecule has 0 aromatic heterocycles. The molecule has 1 rings (SSSR count). The van der Waals surface area contributed by atoms with Gasteiger partial charge in [0.05, 0.1) is 7.11 Å². The smallest absolute Gasteiger partial charge is 0.311 e. The van der Waals surface area contributed by atoms with Gasteiger partial charge >= 0.3 is 5.97 Å². The SMILES string of the molecule is CCC(=O)Oc1ccc(CC(C)=O)cc1OC. The highest BCUT2D eigenvalue weighted by Crippen LogP contribution is 2.28. The maximum Gasteiger partial charge on any atom is 0.311 e. The number of carbonyl (C=O) groups excluding carboxylic acids is 2. The quantitative estimate of drug-likeness (QED) is 0.580. The summed E-state index contributed by atoms with van der Waals surface area (Å²) < 4.78 is 10.2. The van der Waals surface area contributed by atoms with Crippen LogP contribution >= 0.6 is 0 Å². The molecule has 92 valence electrons. The zero-order valence-corrected chi connectivity index (χ0v) is 10.3. The molecule has 0 radical (unpaired) electrons. The molecule has 0 bridgehead atoms. The van der Waals surface area contributed by atoms with Crippen molar-refractivity contribution in [3.63, 3.8) is 0 Å². The van der Waals surface area contributed by atoms with Crippen LogP contribution in [-0.4, -0.2) is 18.9 Å². The minimum atomic E-state index is -0.317. The number of Topliss-reactive ketones (excluding diaryl/α,β-unsaturated/α-hetero) is 1. The Hall–Kier alpha value is -1.84. The van der Waals surface area contributed by atoms with E-state index in [1.54, 1.807) is 25.1 Å². The lowest BCUT2D eigenvalue weighted by Crippen LogP contribution is -2.07. The number of carbonyl (C=O) groups is 2. The molecule has 0 aliphatic rings. The average Bonchev–Trinajstić information content (AvgIpc) is 2.30. The summed E-state index contributed by atoms with van der Waals surface area (Å²) in [6, 6.07) is 5.10. The van der Waals surface area contributed by atoms with Crippen LogP contribution in [0.5, 0.6) is 11.5 Å². The number of ether oxygens (including phenoxy) is 2. The van der Waals surface area contributed by atoms with E-state index in [9.17, 15) is 9.59 Å². The van der Waals surface area contributed by atoms with Crippen molar-refractivity contribution < 1.29 is 19.1 Å². The van der Waals surface area contributed by atoms with Gasteiger partial charge in [-0.3, -0.25) is 9.59 Å². The Bertz CT molecular complexity index is 423. The van der Waals surface area contributed by atoms with Gasteiger partial charge < -0.3 is 9.47 Å². The second-order valence-electron chi connectivity index (χ2n) is 3.69. The van der Waals surface area contributed by atoms with Gasteiger partial charge in [0.25, 0.3) is 0 Å². The molecule has 1 aromatic rings. The van der Waals surface area contributed by atoms with E-state index in [4.69, 9.17) is 9.47 Å². The van der Waals surface area contributed by atoms with Gasteiger partial charge in [-0.1, -0.05) is 13.0 Å².